The number of nitrogens with zero attached hydrogens (tertiary/aromatic N) is 1. The third-order valence-electron chi connectivity index (χ3n) is 2.81. The highest BCUT2D eigenvalue weighted by Crippen LogP contribution is 2.26. The predicted octanol–water partition coefficient (Wildman–Crippen LogP) is 3.63. The van der Waals surface area contributed by atoms with E-state index in [1.165, 1.54) is 4.88 Å². The molecule has 0 saturated heterocycles. The summed E-state index contributed by atoms with van der Waals surface area (Å²) in [5.74, 6) is -0.546. The number of hydrogen-bond acceptors (Lipinski definition) is 4. The molecule has 5 heteroatoms. The smallest absolute Gasteiger partial charge is 0.339 e. The Hall–Kier alpha value is -1.88. The Morgan fingerprint density at radius 3 is 2.63 bits per heavy atom. The standard InChI is InChI=1S/C14H16N2O2S/c1-8-4-6-11(14(17)18)13(15-8)16-10(3)12-7-5-9(2)19-12/h4-7,10H,1-3H3,(H,15,16)(H,17,18). The average Bonchev–Trinajstić information content (AvgIpc) is 2.75. The van der Waals surface area contributed by atoms with Crippen molar-refractivity contribution in [1.82, 2.24) is 4.98 Å². The van der Waals surface area contributed by atoms with Crippen molar-refractivity contribution >= 4 is 23.1 Å². The van der Waals surface area contributed by atoms with Crippen LogP contribution in [-0.4, -0.2) is 16.1 Å². The number of aromatic nitrogens is 1. The molecule has 19 heavy (non-hydrogen) atoms. The molecule has 2 N–H and O–H groups in total. The average molecular weight is 276 g/mol. The van der Waals surface area contributed by atoms with E-state index in [-0.39, 0.29) is 11.6 Å². The van der Waals surface area contributed by atoms with Gasteiger partial charge in [-0.2, -0.15) is 0 Å². The largest absolute Gasteiger partial charge is 0.478 e. The molecule has 2 heterocycles. The number of carboxylic acid groups (broad SMARTS) is 1. The Morgan fingerprint density at radius 2 is 2.05 bits per heavy atom. The fourth-order valence-corrected chi connectivity index (χ4v) is 2.68. The first kappa shape index (κ1) is 13.5. The first-order valence-corrected chi connectivity index (χ1v) is 6.83. The van der Waals surface area contributed by atoms with Crippen molar-refractivity contribution in [3.8, 4) is 0 Å². The third kappa shape index (κ3) is 3.12. The van der Waals surface area contributed by atoms with Crippen LogP contribution >= 0.6 is 11.3 Å². The molecule has 0 aliphatic carbocycles. The Kier molecular flexibility index (Phi) is 3.85. The maximum atomic E-state index is 11.2. The number of aryl methyl sites for hydroxylation is 2. The minimum Gasteiger partial charge on any atom is -0.478 e. The van der Waals surface area contributed by atoms with Gasteiger partial charge in [-0.05, 0) is 45.0 Å². The second-order valence-electron chi connectivity index (χ2n) is 4.47. The zero-order valence-corrected chi connectivity index (χ0v) is 11.9. The summed E-state index contributed by atoms with van der Waals surface area (Å²) in [4.78, 5) is 17.9. The molecule has 0 radical (unpaired) electrons. The second kappa shape index (κ2) is 5.40. The summed E-state index contributed by atoms with van der Waals surface area (Å²) in [5.41, 5.74) is 0.993. The molecule has 100 valence electrons. The zero-order valence-electron chi connectivity index (χ0n) is 11.1. The molecule has 2 aromatic rings. The molecule has 0 aliphatic heterocycles. The molecule has 0 fully saturated rings. The van der Waals surface area contributed by atoms with Crippen LogP contribution in [0.4, 0.5) is 5.82 Å². The molecule has 0 aromatic carbocycles. The number of carbonyl (C=O) groups is 1. The monoisotopic (exact) mass is 276 g/mol. The van der Waals surface area contributed by atoms with Crippen LogP contribution in [0.1, 0.15) is 38.8 Å². The summed E-state index contributed by atoms with van der Waals surface area (Å²) in [6.07, 6.45) is 0. The molecule has 0 bridgehead atoms. The molecule has 2 rings (SSSR count). The minimum atomic E-state index is -0.968. The van der Waals surface area contributed by atoms with E-state index >= 15 is 0 Å². The number of hydrogen-bond donors (Lipinski definition) is 2. The fourth-order valence-electron chi connectivity index (χ4n) is 1.80. The third-order valence-corrected chi connectivity index (χ3v) is 3.99. The van der Waals surface area contributed by atoms with Gasteiger partial charge in [-0.25, -0.2) is 9.78 Å². The van der Waals surface area contributed by atoms with E-state index < -0.39 is 5.97 Å². The van der Waals surface area contributed by atoms with Gasteiger partial charge in [-0.1, -0.05) is 0 Å². The van der Waals surface area contributed by atoms with Crippen LogP contribution in [0.5, 0.6) is 0 Å². The van der Waals surface area contributed by atoms with Crippen LogP contribution in [0.2, 0.25) is 0 Å². The first-order valence-electron chi connectivity index (χ1n) is 6.01. The van der Waals surface area contributed by atoms with Crippen molar-refractivity contribution in [1.29, 1.82) is 0 Å². The van der Waals surface area contributed by atoms with Gasteiger partial charge >= 0.3 is 5.97 Å². The quantitative estimate of drug-likeness (QED) is 0.895. The topological polar surface area (TPSA) is 62.2 Å². The van der Waals surface area contributed by atoms with Crippen LogP contribution < -0.4 is 5.32 Å². The van der Waals surface area contributed by atoms with Crippen LogP contribution in [0.15, 0.2) is 24.3 Å². The van der Waals surface area contributed by atoms with Crippen LogP contribution in [0.25, 0.3) is 0 Å². The molecular formula is C14H16N2O2S. The number of aromatic carboxylic acids is 1. The Bertz CT molecular complexity index is 607. The fraction of sp³-hybridized carbons (Fsp3) is 0.286. The van der Waals surface area contributed by atoms with E-state index in [0.717, 1.165) is 10.6 Å². The minimum absolute atomic E-state index is 0.0334. The van der Waals surface area contributed by atoms with Gasteiger partial charge in [0.2, 0.25) is 0 Å². The van der Waals surface area contributed by atoms with Crippen LogP contribution in [-0.2, 0) is 0 Å². The van der Waals surface area contributed by atoms with E-state index in [2.05, 4.69) is 23.3 Å². The molecule has 0 spiro atoms. The summed E-state index contributed by atoms with van der Waals surface area (Å²) in [7, 11) is 0. The van der Waals surface area contributed by atoms with Crippen molar-refractivity contribution in [3.05, 3.63) is 45.3 Å². The zero-order chi connectivity index (χ0) is 14.0. The lowest BCUT2D eigenvalue weighted by molar-refractivity contribution is 0.0697. The van der Waals surface area contributed by atoms with Gasteiger partial charge in [-0.3, -0.25) is 0 Å². The summed E-state index contributed by atoms with van der Waals surface area (Å²) in [6, 6.07) is 7.42. The van der Waals surface area contributed by atoms with Crippen molar-refractivity contribution in [3.63, 3.8) is 0 Å². The maximum absolute atomic E-state index is 11.2. The molecular weight excluding hydrogens is 260 g/mol. The SMILES string of the molecule is Cc1ccc(C(=O)O)c(NC(C)c2ccc(C)s2)n1. The van der Waals surface area contributed by atoms with E-state index in [0.29, 0.717) is 5.82 Å². The highest BCUT2D eigenvalue weighted by Gasteiger charge is 2.15. The molecule has 2 aromatic heterocycles. The van der Waals surface area contributed by atoms with Gasteiger partial charge in [-0.15, -0.1) is 11.3 Å². The highest BCUT2D eigenvalue weighted by molar-refractivity contribution is 7.12. The second-order valence-corrected chi connectivity index (χ2v) is 5.79. The lowest BCUT2D eigenvalue weighted by Crippen LogP contribution is -2.12. The van der Waals surface area contributed by atoms with E-state index in [1.54, 1.807) is 23.5 Å². The van der Waals surface area contributed by atoms with Gasteiger partial charge in [0.1, 0.15) is 11.4 Å². The molecule has 0 aliphatic rings. The lowest BCUT2D eigenvalue weighted by atomic mass is 10.2. The van der Waals surface area contributed by atoms with Crippen molar-refractivity contribution in [2.75, 3.05) is 5.32 Å². The number of pyridine rings is 1. The van der Waals surface area contributed by atoms with Crippen molar-refractivity contribution < 1.29 is 9.90 Å². The first-order chi connectivity index (χ1) is 8.97. The number of anilines is 1. The molecule has 1 atom stereocenters. The van der Waals surface area contributed by atoms with Crippen LogP contribution in [0.3, 0.4) is 0 Å². The molecule has 0 saturated carbocycles. The van der Waals surface area contributed by atoms with Crippen molar-refractivity contribution in [2.45, 2.75) is 26.8 Å². The molecule has 1 unspecified atom stereocenters. The maximum Gasteiger partial charge on any atom is 0.339 e. The predicted molar refractivity (Wildman–Crippen MR) is 77.0 cm³/mol. The number of thiophene rings is 1. The van der Waals surface area contributed by atoms with Gasteiger partial charge in [0.05, 0.1) is 6.04 Å². The van der Waals surface area contributed by atoms with Gasteiger partial charge in [0, 0.05) is 15.4 Å². The Labute approximate surface area is 116 Å². The van der Waals surface area contributed by atoms with Crippen molar-refractivity contribution in [2.24, 2.45) is 0 Å². The summed E-state index contributed by atoms with van der Waals surface area (Å²) in [6.45, 7) is 5.90. The molecule has 4 nitrogen and oxygen atoms in total. The summed E-state index contributed by atoms with van der Waals surface area (Å²) in [5, 5.41) is 12.3. The summed E-state index contributed by atoms with van der Waals surface area (Å²) < 4.78 is 0. The van der Waals surface area contributed by atoms with Crippen LogP contribution in [0, 0.1) is 13.8 Å². The Morgan fingerprint density at radius 1 is 1.32 bits per heavy atom. The number of nitrogens with one attached hydrogen (secondary N) is 1. The summed E-state index contributed by atoms with van der Waals surface area (Å²) >= 11 is 1.70. The number of rotatable bonds is 4. The molecule has 0 amide bonds. The number of carboxylic acids is 1. The lowest BCUT2D eigenvalue weighted by Gasteiger charge is -2.15. The van der Waals surface area contributed by atoms with E-state index in [9.17, 15) is 4.79 Å². The van der Waals surface area contributed by atoms with Gasteiger partial charge < -0.3 is 10.4 Å². The normalized spacial score (nSPS) is 12.2. The van der Waals surface area contributed by atoms with E-state index in [1.807, 2.05) is 19.9 Å². The Balaban J connectivity index is 2.27. The highest BCUT2D eigenvalue weighted by atomic mass is 32.1. The van der Waals surface area contributed by atoms with E-state index in [4.69, 9.17) is 5.11 Å². The van der Waals surface area contributed by atoms with Gasteiger partial charge in [0.15, 0.2) is 0 Å². The van der Waals surface area contributed by atoms with Gasteiger partial charge in [0.25, 0.3) is 0 Å².